The van der Waals surface area contributed by atoms with Gasteiger partial charge < -0.3 is 19.1 Å². The standard InChI is InChI=1S/C20H19NO4/c1-21(2)14-5-3-13(4-6-14)9-19-20(22)17-8-7-15(10-18(17)25-19)23-11-16-12-24-16/h3-10,16H,11-12H2,1-2H3/b19-9-. The van der Waals surface area contributed by atoms with Gasteiger partial charge in [0.15, 0.2) is 5.76 Å². The topological polar surface area (TPSA) is 51.3 Å². The van der Waals surface area contributed by atoms with Gasteiger partial charge in [0.1, 0.15) is 24.2 Å². The van der Waals surface area contributed by atoms with Crippen LogP contribution in [-0.2, 0) is 4.74 Å². The molecule has 4 rings (SSSR count). The van der Waals surface area contributed by atoms with Crippen molar-refractivity contribution in [1.29, 1.82) is 0 Å². The van der Waals surface area contributed by atoms with Gasteiger partial charge in [-0.05, 0) is 35.9 Å². The molecule has 0 spiro atoms. The Hall–Kier alpha value is -2.79. The van der Waals surface area contributed by atoms with E-state index in [2.05, 4.69) is 0 Å². The van der Waals surface area contributed by atoms with Crippen molar-refractivity contribution in [3.05, 3.63) is 59.4 Å². The van der Waals surface area contributed by atoms with E-state index < -0.39 is 0 Å². The number of epoxide rings is 1. The molecule has 1 fully saturated rings. The highest BCUT2D eigenvalue weighted by Crippen LogP contribution is 2.35. The second kappa shape index (κ2) is 6.26. The predicted octanol–water partition coefficient (Wildman–Crippen LogP) is 3.15. The number of Topliss-reactive ketones (excluding diaryl/α,β-unsaturated/α-hetero) is 1. The minimum atomic E-state index is -0.108. The van der Waals surface area contributed by atoms with Gasteiger partial charge >= 0.3 is 0 Å². The molecule has 5 nitrogen and oxygen atoms in total. The zero-order chi connectivity index (χ0) is 17.4. The first-order chi connectivity index (χ1) is 12.1. The quantitative estimate of drug-likeness (QED) is 0.620. The van der Waals surface area contributed by atoms with Crippen LogP contribution in [0.4, 0.5) is 5.69 Å². The van der Waals surface area contributed by atoms with Crippen LogP contribution in [-0.4, -0.2) is 39.2 Å². The van der Waals surface area contributed by atoms with Crippen molar-refractivity contribution in [3.8, 4) is 11.5 Å². The summed E-state index contributed by atoms with van der Waals surface area (Å²) < 4.78 is 16.5. The number of allylic oxidation sites excluding steroid dienone is 1. The number of hydrogen-bond acceptors (Lipinski definition) is 5. The lowest BCUT2D eigenvalue weighted by molar-refractivity contribution is 0.101. The molecule has 0 aliphatic carbocycles. The summed E-state index contributed by atoms with van der Waals surface area (Å²) in [6.45, 7) is 1.27. The van der Waals surface area contributed by atoms with Gasteiger partial charge in [0.05, 0.1) is 12.2 Å². The van der Waals surface area contributed by atoms with Crippen LogP contribution in [0.25, 0.3) is 6.08 Å². The lowest BCUT2D eigenvalue weighted by Crippen LogP contribution is -2.08. The van der Waals surface area contributed by atoms with E-state index >= 15 is 0 Å². The fourth-order valence-electron chi connectivity index (χ4n) is 2.63. The van der Waals surface area contributed by atoms with Crippen molar-refractivity contribution in [3.63, 3.8) is 0 Å². The van der Waals surface area contributed by atoms with E-state index in [1.807, 2.05) is 43.3 Å². The second-order valence-electron chi connectivity index (χ2n) is 6.35. The van der Waals surface area contributed by atoms with Gasteiger partial charge in [0.25, 0.3) is 0 Å². The van der Waals surface area contributed by atoms with Crippen LogP contribution in [0, 0.1) is 0 Å². The first kappa shape index (κ1) is 15.7. The maximum atomic E-state index is 12.5. The first-order valence-electron chi connectivity index (χ1n) is 8.20. The van der Waals surface area contributed by atoms with Gasteiger partial charge in [-0.2, -0.15) is 0 Å². The predicted molar refractivity (Wildman–Crippen MR) is 95.4 cm³/mol. The highest BCUT2D eigenvalue weighted by atomic mass is 16.6. The smallest absolute Gasteiger partial charge is 0.231 e. The van der Waals surface area contributed by atoms with Gasteiger partial charge in [-0.15, -0.1) is 0 Å². The molecular formula is C20H19NO4. The number of ether oxygens (including phenoxy) is 3. The number of benzene rings is 2. The van der Waals surface area contributed by atoms with Gasteiger partial charge in [0.2, 0.25) is 5.78 Å². The van der Waals surface area contributed by atoms with Gasteiger partial charge in [0, 0.05) is 25.8 Å². The summed E-state index contributed by atoms with van der Waals surface area (Å²) in [5, 5.41) is 0. The number of fused-ring (bicyclic) bond motifs is 1. The maximum absolute atomic E-state index is 12.5. The third-order valence-corrected chi connectivity index (χ3v) is 4.19. The van der Waals surface area contributed by atoms with Crippen LogP contribution in [0.3, 0.4) is 0 Å². The maximum Gasteiger partial charge on any atom is 0.231 e. The molecule has 0 aromatic heterocycles. The van der Waals surface area contributed by atoms with Crippen molar-refractivity contribution in [1.82, 2.24) is 0 Å². The Labute approximate surface area is 146 Å². The lowest BCUT2D eigenvalue weighted by Gasteiger charge is -2.11. The molecule has 2 heterocycles. The molecule has 128 valence electrons. The minimum Gasteiger partial charge on any atom is -0.491 e. The molecule has 0 N–H and O–H groups in total. The Bertz CT molecular complexity index is 835. The molecule has 1 unspecified atom stereocenters. The van der Waals surface area contributed by atoms with E-state index in [9.17, 15) is 4.79 Å². The van der Waals surface area contributed by atoms with E-state index in [0.29, 0.717) is 29.4 Å². The van der Waals surface area contributed by atoms with Crippen LogP contribution in [0.5, 0.6) is 11.5 Å². The SMILES string of the molecule is CN(C)c1ccc(/C=C2\Oc3cc(OCC4CO4)ccc3C2=O)cc1. The Kier molecular flexibility index (Phi) is 3.93. The summed E-state index contributed by atoms with van der Waals surface area (Å²) in [6.07, 6.45) is 1.96. The molecule has 25 heavy (non-hydrogen) atoms. The zero-order valence-electron chi connectivity index (χ0n) is 14.2. The number of hydrogen-bond donors (Lipinski definition) is 0. The molecule has 0 radical (unpaired) electrons. The van der Waals surface area contributed by atoms with E-state index in [-0.39, 0.29) is 11.9 Å². The Morgan fingerprint density at radius 3 is 2.64 bits per heavy atom. The second-order valence-corrected chi connectivity index (χ2v) is 6.35. The molecule has 0 saturated carbocycles. The van der Waals surface area contributed by atoms with Crippen LogP contribution in [0.2, 0.25) is 0 Å². The largest absolute Gasteiger partial charge is 0.491 e. The average molecular weight is 337 g/mol. The van der Waals surface area contributed by atoms with Crippen LogP contribution >= 0.6 is 0 Å². The molecule has 2 aliphatic rings. The Balaban J connectivity index is 1.52. The number of anilines is 1. The third kappa shape index (κ3) is 3.37. The van der Waals surface area contributed by atoms with E-state index in [4.69, 9.17) is 14.2 Å². The molecule has 5 heteroatoms. The summed E-state index contributed by atoms with van der Waals surface area (Å²) in [5.41, 5.74) is 2.58. The third-order valence-electron chi connectivity index (χ3n) is 4.19. The lowest BCUT2D eigenvalue weighted by atomic mass is 10.1. The average Bonchev–Trinajstić information content (AvgIpc) is 3.39. The number of carbonyl (C=O) groups excluding carboxylic acids is 1. The first-order valence-corrected chi connectivity index (χ1v) is 8.20. The summed E-state index contributed by atoms with van der Waals surface area (Å²) in [6, 6.07) is 13.2. The number of ketones is 1. The van der Waals surface area contributed by atoms with Crippen LogP contribution < -0.4 is 14.4 Å². The van der Waals surface area contributed by atoms with Crippen molar-refractivity contribution in [2.24, 2.45) is 0 Å². The summed E-state index contributed by atoms with van der Waals surface area (Å²) in [4.78, 5) is 14.5. The molecule has 1 atom stereocenters. The van der Waals surface area contributed by atoms with Crippen molar-refractivity contribution < 1.29 is 19.0 Å². The molecule has 0 amide bonds. The Morgan fingerprint density at radius 1 is 1.20 bits per heavy atom. The molecular weight excluding hydrogens is 318 g/mol. The highest BCUT2D eigenvalue weighted by Gasteiger charge is 2.28. The van der Waals surface area contributed by atoms with Crippen molar-refractivity contribution >= 4 is 17.5 Å². The summed E-state index contributed by atoms with van der Waals surface area (Å²) in [5.74, 6) is 1.44. The number of rotatable bonds is 5. The molecule has 2 aromatic rings. The monoisotopic (exact) mass is 337 g/mol. The number of carbonyl (C=O) groups is 1. The highest BCUT2D eigenvalue weighted by molar-refractivity contribution is 6.14. The van der Waals surface area contributed by atoms with Crippen LogP contribution in [0.1, 0.15) is 15.9 Å². The van der Waals surface area contributed by atoms with E-state index in [0.717, 1.165) is 17.9 Å². The molecule has 2 aromatic carbocycles. The van der Waals surface area contributed by atoms with E-state index in [1.54, 1.807) is 24.3 Å². The molecule has 1 saturated heterocycles. The zero-order valence-corrected chi connectivity index (χ0v) is 14.2. The Morgan fingerprint density at radius 2 is 1.96 bits per heavy atom. The summed E-state index contributed by atoms with van der Waals surface area (Å²) >= 11 is 0. The fraction of sp³-hybridized carbons (Fsp3) is 0.250. The number of nitrogens with zero attached hydrogens (tertiary/aromatic N) is 1. The van der Waals surface area contributed by atoms with Crippen molar-refractivity contribution in [2.75, 3.05) is 32.2 Å². The van der Waals surface area contributed by atoms with Gasteiger partial charge in [-0.3, -0.25) is 4.79 Å². The molecule has 0 bridgehead atoms. The minimum absolute atomic E-state index is 0.108. The summed E-state index contributed by atoms with van der Waals surface area (Å²) in [7, 11) is 3.98. The van der Waals surface area contributed by atoms with Crippen LogP contribution in [0.15, 0.2) is 48.2 Å². The van der Waals surface area contributed by atoms with E-state index in [1.165, 1.54) is 0 Å². The normalized spacial score (nSPS) is 19.5. The van der Waals surface area contributed by atoms with Gasteiger partial charge in [-0.1, -0.05) is 12.1 Å². The van der Waals surface area contributed by atoms with Crippen molar-refractivity contribution in [2.45, 2.75) is 6.10 Å². The van der Waals surface area contributed by atoms with Gasteiger partial charge in [-0.25, -0.2) is 0 Å². The molecule has 2 aliphatic heterocycles. The fourth-order valence-corrected chi connectivity index (χ4v) is 2.63.